The van der Waals surface area contributed by atoms with Crippen molar-refractivity contribution in [2.75, 3.05) is 25.5 Å². The predicted octanol–water partition coefficient (Wildman–Crippen LogP) is 2.58. The second-order valence-electron chi connectivity index (χ2n) is 7.41. The molecule has 3 rings (SSSR count). The third-order valence-corrected chi connectivity index (χ3v) is 4.94. The molecule has 152 valence electrons. The van der Waals surface area contributed by atoms with Crippen molar-refractivity contribution in [2.24, 2.45) is 5.92 Å². The van der Waals surface area contributed by atoms with E-state index in [0.717, 1.165) is 11.1 Å². The molecule has 1 aliphatic rings. The number of anilines is 1. The molecule has 1 fully saturated rings. The number of nitrogens with one attached hydrogen (secondary N) is 1. The van der Waals surface area contributed by atoms with Crippen LogP contribution in [-0.4, -0.2) is 47.7 Å². The second-order valence-corrected chi connectivity index (χ2v) is 7.41. The highest BCUT2D eigenvalue weighted by molar-refractivity contribution is 5.96. The molecule has 0 aromatic heterocycles. The summed E-state index contributed by atoms with van der Waals surface area (Å²) in [4.78, 5) is 40.2. The minimum Gasteiger partial charge on any atom is -0.338 e. The van der Waals surface area contributed by atoms with Gasteiger partial charge in [-0.3, -0.25) is 14.4 Å². The van der Waals surface area contributed by atoms with Crippen LogP contribution in [0.3, 0.4) is 0 Å². The van der Waals surface area contributed by atoms with E-state index in [1.165, 1.54) is 29.2 Å². The Bertz CT molecular complexity index is 897. The van der Waals surface area contributed by atoms with Crippen LogP contribution in [0.2, 0.25) is 0 Å². The van der Waals surface area contributed by atoms with Crippen LogP contribution >= 0.6 is 0 Å². The van der Waals surface area contributed by atoms with Crippen molar-refractivity contribution >= 4 is 23.4 Å². The van der Waals surface area contributed by atoms with Gasteiger partial charge in [-0.15, -0.1) is 0 Å². The van der Waals surface area contributed by atoms with Gasteiger partial charge in [0.05, 0.1) is 12.5 Å². The van der Waals surface area contributed by atoms with E-state index in [2.05, 4.69) is 5.32 Å². The van der Waals surface area contributed by atoms with Gasteiger partial charge in [0.15, 0.2) is 0 Å². The van der Waals surface area contributed by atoms with Gasteiger partial charge >= 0.3 is 0 Å². The average molecular weight is 397 g/mol. The van der Waals surface area contributed by atoms with Crippen molar-refractivity contribution in [3.63, 3.8) is 0 Å². The Morgan fingerprint density at radius 3 is 2.45 bits per heavy atom. The quantitative estimate of drug-likeness (QED) is 0.815. The third kappa shape index (κ3) is 5.40. The summed E-state index contributed by atoms with van der Waals surface area (Å²) < 4.78 is 12.9. The Kier molecular flexibility index (Phi) is 6.26. The maximum atomic E-state index is 12.9. The van der Waals surface area contributed by atoms with Crippen molar-refractivity contribution in [3.05, 3.63) is 65.5 Å². The normalized spacial score (nSPS) is 16.0. The van der Waals surface area contributed by atoms with Crippen LogP contribution in [0, 0.1) is 18.7 Å². The molecular weight excluding hydrogens is 373 g/mol. The Hall–Kier alpha value is -3.22. The molecule has 6 nitrogen and oxygen atoms in total. The zero-order valence-electron chi connectivity index (χ0n) is 16.5. The van der Waals surface area contributed by atoms with E-state index in [1.807, 2.05) is 31.2 Å². The molecule has 1 atom stereocenters. The fourth-order valence-corrected chi connectivity index (χ4v) is 3.34. The first-order valence-corrected chi connectivity index (χ1v) is 9.45. The number of nitrogens with zero attached hydrogens (tertiary/aromatic N) is 2. The van der Waals surface area contributed by atoms with Crippen LogP contribution in [0.15, 0.2) is 48.5 Å². The first kappa shape index (κ1) is 20.5. The number of carbonyl (C=O) groups excluding carboxylic acids is 3. The Balaban J connectivity index is 1.52. The zero-order valence-corrected chi connectivity index (χ0v) is 16.5. The van der Waals surface area contributed by atoms with E-state index < -0.39 is 11.7 Å². The highest BCUT2D eigenvalue weighted by atomic mass is 19.1. The standard InChI is InChI=1S/C22H24FN3O3/c1-15-3-5-16(6-4-15)12-26-13-17(11-21(26)28)22(29)25(2)14-20(27)24-19-9-7-18(23)8-10-19/h3-10,17H,11-14H2,1-2H3,(H,24,27)/t17-/m0/s1. The molecule has 2 aromatic rings. The van der Waals surface area contributed by atoms with E-state index >= 15 is 0 Å². The van der Waals surface area contributed by atoms with E-state index in [4.69, 9.17) is 0 Å². The van der Waals surface area contributed by atoms with Crippen LogP contribution in [0.5, 0.6) is 0 Å². The van der Waals surface area contributed by atoms with E-state index in [0.29, 0.717) is 18.8 Å². The highest BCUT2D eigenvalue weighted by Crippen LogP contribution is 2.22. The number of likely N-dealkylation sites (N-methyl/N-ethyl adjacent to an activating group) is 1. The van der Waals surface area contributed by atoms with Gasteiger partial charge in [0.1, 0.15) is 5.82 Å². The molecule has 0 unspecified atom stereocenters. The minimum absolute atomic E-state index is 0.0620. The Morgan fingerprint density at radius 1 is 1.14 bits per heavy atom. The third-order valence-electron chi connectivity index (χ3n) is 4.94. The lowest BCUT2D eigenvalue weighted by Crippen LogP contribution is -2.39. The Morgan fingerprint density at radius 2 is 1.79 bits per heavy atom. The van der Waals surface area contributed by atoms with Crippen LogP contribution < -0.4 is 5.32 Å². The van der Waals surface area contributed by atoms with E-state index in [1.54, 1.807) is 11.9 Å². The molecule has 3 amide bonds. The largest absolute Gasteiger partial charge is 0.338 e. The number of hydrogen-bond acceptors (Lipinski definition) is 3. The SMILES string of the molecule is Cc1ccc(CN2C[C@@H](C(=O)N(C)CC(=O)Nc3ccc(F)cc3)CC2=O)cc1. The lowest BCUT2D eigenvalue weighted by Gasteiger charge is -2.21. The van der Waals surface area contributed by atoms with Gasteiger partial charge in [-0.2, -0.15) is 0 Å². The number of halogens is 1. The highest BCUT2D eigenvalue weighted by Gasteiger charge is 2.36. The summed E-state index contributed by atoms with van der Waals surface area (Å²) >= 11 is 0. The smallest absolute Gasteiger partial charge is 0.243 e. The number of carbonyl (C=O) groups is 3. The molecule has 1 heterocycles. The van der Waals surface area contributed by atoms with Gasteiger partial charge in [-0.05, 0) is 36.8 Å². The first-order chi connectivity index (χ1) is 13.8. The molecule has 29 heavy (non-hydrogen) atoms. The fourth-order valence-electron chi connectivity index (χ4n) is 3.34. The predicted molar refractivity (Wildman–Crippen MR) is 107 cm³/mol. The second kappa shape index (κ2) is 8.86. The summed E-state index contributed by atoms with van der Waals surface area (Å²) in [5, 5.41) is 2.62. The summed E-state index contributed by atoms with van der Waals surface area (Å²) in [5.41, 5.74) is 2.62. The van der Waals surface area contributed by atoms with Gasteiger partial charge in [-0.25, -0.2) is 4.39 Å². The lowest BCUT2D eigenvalue weighted by molar-refractivity contribution is -0.137. The molecule has 7 heteroatoms. The molecule has 1 saturated heterocycles. The monoisotopic (exact) mass is 397 g/mol. The van der Waals surface area contributed by atoms with Crippen molar-refractivity contribution in [1.82, 2.24) is 9.80 Å². The topological polar surface area (TPSA) is 69.7 Å². The van der Waals surface area contributed by atoms with Crippen molar-refractivity contribution in [3.8, 4) is 0 Å². The number of benzene rings is 2. The summed E-state index contributed by atoms with van der Waals surface area (Å²) in [5.74, 6) is -1.53. The van der Waals surface area contributed by atoms with E-state index in [9.17, 15) is 18.8 Å². The van der Waals surface area contributed by atoms with Crippen molar-refractivity contribution in [2.45, 2.75) is 19.9 Å². The van der Waals surface area contributed by atoms with Crippen LogP contribution in [-0.2, 0) is 20.9 Å². The molecule has 2 aromatic carbocycles. The van der Waals surface area contributed by atoms with Crippen molar-refractivity contribution < 1.29 is 18.8 Å². The first-order valence-electron chi connectivity index (χ1n) is 9.45. The number of likely N-dealkylation sites (tertiary alicyclic amines) is 1. The molecule has 0 spiro atoms. The summed E-state index contributed by atoms with van der Waals surface area (Å²) in [7, 11) is 1.54. The summed E-state index contributed by atoms with van der Waals surface area (Å²) in [6.07, 6.45) is 0.147. The van der Waals surface area contributed by atoms with Gasteiger partial charge in [0.2, 0.25) is 17.7 Å². The maximum absolute atomic E-state index is 12.9. The lowest BCUT2D eigenvalue weighted by atomic mass is 10.1. The number of aryl methyl sites for hydroxylation is 1. The van der Waals surface area contributed by atoms with Gasteiger partial charge < -0.3 is 15.1 Å². The fraction of sp³-hybridized carbons (Fsp3) is 0.318. The number of rotatable bonds is 6. The molecule has 0 aliphatic carbocycles. The Labute approximate surface area is 169 Å². The molecule has 0 bridgehead atoms. The summed E-state index contributed by atoms with van der Waals surface area (Å²) in [6.45, 7) is 2.67. The maximum Gasteiger partial charge on any atom is 0.243 e. The molecular formula is C22H24FN3O3. The zero-order chi connectivity index (χ0) is 21.0. The van der Waals surface area contributed by atoms with Gasteiger partial charge in [0, 0.05) is 32.2 Å². The number of hydrogen-bond donors (Lipinski definition) is 1. The molecule has 1 aliphatic heterocycles. The average Bonchev–Trinajstić information content (AvgIpc) is 3.05. The van der Waals surface area contributed by atoms with Crippen LogP contribution in [0.25, 0.3) is 0 Å². The van der Waals surface area contributed by atoms with Gasteiger partial charge in [-0.1, -0.05) is 29.8 Å². The molecule has 1 N–H and O–H groups in total. The molecule has 0 radical (unpaired) electrons. The van der Waals surface area contributed by atoms with Crippen molar-refractivity contribution in [1.29, 1.82) is 0 Å². The van der Waals surface area contributed by atoms with Gasteiger partial charge in [0.25, 0.3) is 0 Å². The molecule has 0 saturated carbocycles. The van der Waals surface area contributed by atoms with Crippen LogP contribution in [0.4, 0.5) is 10.1 Å². The summed E-state index contributed by atoms with van der Waals surface area (Å²) in [6, 6.07) is 13.3. The minimum atomic E-state index is -0.462. The number of amides is 3. The van der Waals surface area contributed by atoms with E-state index in [-0.39, 0.29) is 30.7 Å². The van der Waals surface area contributed by atoms with Crippen LogP contribution in [0.1, 0.15) is 17.5 Å².